The Bertz CT molecular complexity index is 571. The van der Waals surface area contributed by atoms with Crippen LogP contribution >= 0.6 is 0 Å². The number of H-pyrrole nitrogens is 1. The molecule has 23 heavy (non-hydrogen) atoms. The highest BCUT2D eigenvalue weighted by atomic mass is 16.5. The Hall–Kier alpha value is -1.89. The van der Waals surface area contributed by atoms with Crippen LogP contribution in [0.2, 0.25) is 0 Å². The number of carbonyl (C=O) groups is 2. The molecule has 2 aliphatic rings. The summed E-state index contributed by atoms with van der Waals surface area (Å²) in [5, 5.41) is 0. The third kappa shape index (κ3) is 3.90. The molecule has 1 aromatic heterocycles. The predicted molar refractivity (Wildman–Crippen MR) is 83.6 cm³/mol. The van der Waals surface area contributed by atoms with Crippen LogP contribution < -0.4 is 0 Å². The molecule has 0 radical (unpaired) electrons. The predicted octanol–water partition coefficient (Wildman–Crippen LogP) is 1.02. The second kappa shape index (κ2) is 7.12. The summed E-state index contributed by atoms with van der Waals surface area (Å²) in [6, 6.07) is 0. The number of likely N-dealkylation sites (tertiary alicyclic amines) is 1. The third-order valence-corrected chi connectivity index (χ3v) is 4.44. The Morgan fingerprint density at radius 3 is 3.04 bits per heavy atom. The molecular formula is C16H24N4O3. The SMILES string of the molecule is Cc1cnc(C2CN(C(=O)CCCN3CCCC3=O)CCO2)[nH]1. The fourth-order valence-electron chi connectivity index (χ4n) is 3.16. The summed E-state index contributed by atoms with van der Waals surface area (Å²) in [5.74, 6) is 1.13. The molecule has 1 atom stereocenters. The number of aromatic amines is 1. The summed E-state index contributed by atoms with van der Waals surface area (Å²) in [6.07, 6.45) is 4.40. The van der Waals surface area contributed by atoms with Crippen molar-refractivity contribution >= 4 is 11.8 Å². The summed E-state index contributed by atoms with van der Waals surface area (Å²) in [7, 11) is 0. The van der Waals surface area contributed by atoms with Gasteiger partial charge >= 0.3 is 0 Å². The van der Waals surface area contributed by atoms with Gasteiger partial charge in [-0.2, -0.15) is 0 Å². The van der Waals surface area contributed by atoms with Crippen molar-refractivity contribution in [2.24, 2.45) is 0 Å². The van der Waals surface area contributed by atoms with Gasteiger partial charge in [0.2, 0.25) is 11.8 Å². The van der Waals surface area contributed by atoms with Crippen LogP contribution in [-0.2, 0) is 14.3 Å². The van der Waals surface area contributed by atoms with Crippen molar-refractivity contribution in [1.82, 2.24) is 19.8 Å². The molecule has 126 valence electrons. The van der Waals surface area contributed by atoms with Gasteiger partial charge < -0.3 is 19.5 Å². The van der Waals surface area contributed by atoms with Gasteiger partial charge in [-0.15, -0.1) is 0 Å². The van der Waals surface area contributed by atoms with E-state index in [9.17, 15) is 9.59 Å². The number of nitrogens with one attached hydrogen (secondary N) is 1. The van der Waals surface area contributed by atoms with Gasteiger partial charge in [0, 0.05) is 44.4 Å². The highest BCUT2D eigenvalue weighted by molar-refractivity contribution is 5.78. The van der Waals surface area contributed by atoms with Crippen molar-refractivity contribution in [1.29, 1.82) is 0 Å². The van der Waals surface area contributed by atoms with Crippen LogP contribution in [0, 0.1) is 6.92 Å². The lowest BCUT2D eigenvalue weighted by atomic mass is 10.2. The van der Waals surface area contributed by atoms with Gasteiger partial charge in [0.25, 0.3) is 0 Å². The van der Waals surface area contributed by atoms with Gasteiger partial charge in [0.15, 0.2) is 0 Å². The second-order valence-electron chi connectivity index (χ2n) is 6.24. The zero-order chi connectivity index (χ0) is 16.2. The van der Waals surface area contributed by atoms with E-state index in [0.717, 1.165) is 30.9 Å². The number of nitrogens with zero attached hydrogens (tertiary/aromatic N) is 3. The summed E-state index contributed by atoms with van der Waals surface area (Å²) in [6.45, 7) is 5.16. The van der Waals surface area contributed by atoms with E-state index < -0.39 is 0 Å². The number of amides is 2. The first-order valence-corrected chi connectivity index (χ1v) is 8.32. The number of hydrogen-bond donors (Lipinski definition) is 1. The fraction of sp³-hybridized carbons (Fsp3) is 0.688. The molecule has 3 heterocycles. The molecule has 2 saturated heterocycles. The third-order valence-electron chi connectivity index (χ3n) is 4.44. The molecule has 1 unspecified atom stereocenters. The Morgan fingerprint density at radius 2 is 2.35 bits per heavy atom. The molecule has 0 aliphatic carbocycles. The number of imidazole rings is 1. The van der Waals surface area contributed by atoms with E-state index in [0.29, 0.717) is 39.1 Å². The van der Waals surface area contributed by atoms with Crippen LogP contribution in [0.3, 0.4) is 0 Å². The van der Waals surface area contributed by atoms with Gasteiger partial charge in [0.1, 0.15) is 11.9 Å². The van der Waals surface area contributed by atoms with E-state index in [1.54, 1.807) is 6.20 Å². The van der Waals surface area contributed by atoms with Gasteiger partial charge in [-0.1, -0.05) is 0 Å². The second-order valence-corrected chi connectivity index (χ2v) is 6.24. The average molecular weight is 320 g/mol. The van der Waals surface area contributed by atoms with Crippen molar-refractivity contribution in [2.75, 3.05) is 32.8 Å². The molecule has 2 aliphatic heterocycles. The van der Waals surface area contributed by atoms with Gasteiger partial charge in [-0.25, -0.2) is 4.98 Å². The molecule has 1 aromatic rings. The van der Waals surface area contributed by atoms with E-state index in [1.807, 2.05) is 16.7 Å². The summed E-state index contributed by atoms with van der Waals surface area (Å²) >= 11 is 0. The normalized spacial score (nSPS) is 22.0. The van der Waals surface area contributed by atoms with E-state index in [4.69, 9.17) is 4.74 Å². The Labute approximate surface area is 136 Å². The van der Waals surface area contributed by atoms with Crippen LogP contribution in [-0.4, -0.2) is 64.4 Å². The van der Waals surface area contributed by atoms with Crippen molar-refractivity contribution in [3.05, 3.63) is 17.7 Å². The van der Waals surface area contributed by atoms with Gasteiger partial charge in [-0.05, 0) is 19.8 Å². The Kier molecular flexibility index (Phi) is 4.95. The van der Waals surface area contributed by atoms with Crippen molar-refractivity contribution in [2.45, 2.75) is 38.7 Å². The van der Waals surface area contributed by atoms with Gasteiger partial charge in [0.05, 0.1) is 13.2 Å². The topological polar surface area (TPSA) is 78.5 Å². The minimum absolute atomic E-state index is 0.133. The summed E-state index contributed by atoms with van der Waals surface area (Å²) in [5.41, 5.74) is 0.988. The molecule has 2 amide bonds. The molecule has 0 aromatic carbocycles. The first kappa shape index (κ1) is 16.0. The molecule has 1 N–H and O–H groups in total. The van der Waals surface area contributed by atoms with Crippen LogP contribution in [0.5, 0.6) is 0 Å². The maximum Gasteiger partial charge on any atom is 0.222 e. The zero-order valence-corrected chi connectivity index (χ0v) is 13.6. The van der Waals surface area contributed by atoms with Crippen LogP contribution in [0.15, 0.2) is 6.20 Å². The monoisotopic (exact) mass is 320 g/mol. The Balaban J connectivity index is 1.46. The number of aryl methyl sites for hydroxylation is 1. The zero-order valence-electron chi connectivity index (χ0n) is 13.6. The minimum Gasteiger partial charge on any atom is -0.367 e. The lowest BCUT2D eigenvalue weighted by Crippen LogP contribution is -2.42. The molecular weight excluding hydrogens is 296 g/mol. The lowest BCUT2D eigenvalue weighted by Gasteiger charge is -2.32. The largest absolute Gasteiger partial charge is 0.367 e. The molecule has 2 fully saturated rings. The molecule has 3 rings (SSSR count). The maximum absolute atomic E-state index is 12.4. The van der Waals surface area contributed by atoms with Gasteiger partial charge in [-0.3, -0.25) is 9.59 Å². The summed E-state index contributed by atoms with van der Waals surface area (Å²) in [4.78, 5) is 35.1. The number of carbonyl (C=O) groups excluding carboxylic acids is 2. The van der Waals surface area contributed by atoms with E-state index >= 15 is 0 Å². The van der Waals surface area contributed by atoms with Crippen LogP contribution in [0.1, 0.15) is 43.3 Å². The number of hydrogen-bond acceptors (Lipinski definition) is 4. The van der Waals surface area contributed by atoms with E-state index in [1.165, 1.54) is 0 Å². The minimum atomic E-state index is -0.179. The van der Waals surface area contributed by atoms with Crippen molar-refractivity contribution in [3.8, 4) is 0 Å². The molecule has 7 nitrogen and oxygen atoms in total. The van der Waals surface area contributed by atoms with Crippen LogP contribution in [0.4, 0.5) is 0 Å². The quantitative estimate of drug-likeness (QED) is 0.878. The smallest absolute Gasteiger partial charge is 0.222 e. The molecule has 0 bridgehead atoms. The maximum atomic E-state index is 12.4. The lowest BCUT2D eigenvalue weighted by molar-refractivity contribution is -0.139. The number of aromatic nitrogens is 2. The number of morpholine rings is 1. The highest BCUT2D eigenvalue weighted by Gasteiger charge is 2.27. The van der Waals surface area contributed by atoms with Crippen molar-refractivity contribution < 1.29 is 14.3 Å². The standard InChI is InChI=1S/C16H24N4O3/c1-12-10-17-16(18-12)13-11-20(8-9-23-13)15(22)5-3-7-19-6-2-4-14(19)21/h10,13H,2-9,11H2,1H3,(H,17,18). The molecule has 7 heteroatoms. The van der Waals surface area contributed by atoms with Crippen molar-refractivity contribution in [3.63, 3.8) is 0 Å². The van der Waals surface area contributed by atoms with E-state index in [-0.39, 0.29) is 17.9 Å². The Morgan fingerprint density at radius 1 is 1.48 bits per heavy atom. The fourth-order valence-corrected chi connectivity index (χ4v) is 3.16. The first-order chi connectivity index (χ1) is 11.1. The average Bonchev–Trinajstić information content (AvgIpc) is 3.16. The van der Waals surface area contributed by atoms with Crippen LogP contribution in [0.25, 0.3) is 0 Å². The molecule has 0 spiro atoms. The number of ether oxygens (including phenoxy) is 1. The number of rotatable bonds is 5. The molecule has 0 saturated carbocycles. The first-order valence-electron chi connectivity index (χ1n) is 8.32. The highest BCUT2D eigenvalue weighted by Crippen LogP contribution is 2.20. The summed E-state index contributed by atoms with van der Waals surface area (Å²) < 4.78 is 5.72. The van der Waals surface area contributed by atoms with E-state index in [2.05, 4.69) is 9.97 Å².